The number of nitrogen functional groups attached to an aromatic ring is 1. The molecular weight excluding hydrogens is 187 g/mol. The molecule has 1 aromatic rings. The largest absolute Gasteiger partial charge is 0.397 e. The van der Waals surface area contributed by atoms with Gasteiger partial charge in [0, 0.05) is 10.5 Å². The summed E-state index contributed by atoms with van der Waals surface area (Å²) in [5.74, 6) is -0.531. The van der Waals surface area contributed by atoms with E-state index in [9.17, 15) is 4.39 Å². The minimum Gasteiger partial charge on any atom is -0.397 e. The summed E-state index contributed by atoms with van der Waals surface area (Å²) in [6, 6.07) is 1.22. The van der Waals surface area contributed by atoms with E-state index < -0.39 is 5.95 Å². The van der Waals surface area contributed by atoms with Gasteiger partial charge < -0.3 is 5.73 Å². The van der Waals surface area contributed by atoms with Gasteiger partial charge >= 0.3 is 0 Å². The van der Waals surface area contributed by atoms with Crippen LogP contribution in [0.3, 0.4) is 0 Å². The number of rotatable bonds is 0. The van der Waals surface area contributed by atoms with Crippen molar-refractivity contribution < 1.29 is 4.39 Å². The van der Waals surface area contributed by atoms with E-state index in [1.165, 1.54) is 12.3 Å². The van der Waals surface area contributed by atoms with Gasteiger partial charge in [-0.3, -0.25) is 0 Å². The summed E-state index contributed by atoms with van der Waals surface area (Å²) in [6.07, 6.45) is 1.26. The van der Waals surface area contributed by atoms with Gasteiger partial charge in [0.2, 0.25) is 5.95 Å². The quantitative estimate of drug-likeness (QED) is 0.632. The normalized spacial score (nSPS) is 9.56. The van der Waals surface area contributed by atoms with Crippen LogP contribution >= 0.6 is 15.9 Å². The van der Waals surface area contributed by atoms with Crippen molar-refractivity contribution >= 4 is 21.6 Å². The number of nitrogens with two attached hydrogens (primary N) is 1. The van der Waals surface area contributed by atoms with Crippen LogP contribution in [0.5, 0.6) is 0 Å². The summed E-state index contributed by atoms with van der Waals surface area (Å²) in [7, 11) is 0. The molecule has 0 amide bonds. The summed E-state index contributed by atoms with van der Waals surface area (Å²) in [5.41, 5.74) is 5.75. The van der Waals surface area contributed by atoms with E-state index in [2.05, 4.69) is 20.9 Å². The summed E-state index contributed by atoms with van der Waals surface area (Å²) in [6.45, 7) is 0. The minimum atomic E-state index is -0.531. The molecule has 48 valence electrons. The van der Waals surface area contributed by atoms with Crippen LogP contribution in [0.25, 0.3) is 0 Å². The second kappa shape index (κ2) is 2.31. The van der Waals surface area contributed by atoms with Crippen molar-refractivity contribution in [2.24, 2.45) is 0 Å². The maximum atomic E-state index is 12.2. The highest BCUT2D eigenvalue weighted by Gasteiger charge is 1.95. The maximum Gasteiger partial charge on any atom is 0.214 e. The molecule has 1 rings (SSSR count). The predicted octanol–water partition coefficient (Wildman–Crippen LogP) is 1.57. The van der Waals surface area contributed by atoms with Gasteiger partial charge in [0.25, 0.3) is 0 Å². The minimum absolute atomic E-state index is 0.441. The van der Waals surface area contributed by atoms with Crippen LogP contribution < -0.4 is 5.73 Å². The van der Waals surface area contributed by atoms with Gasteiger partial charge in [-0.1, -0.05) is 0 Å². The molecule has 0 spiro atoms. The first-order valence-corrected chi connectivity index (χ1v) is 3.06. The summed E-state index contributed by atoms with van der Waals surface area (Å²) < 4.78 is 12.7. The van der Waals surface area contributed by atoms with Crippen LogP contribution in [-0.2, 0) is 0 Å². The van der Waals surface area contributed by atoms with Gasteiger partial charge in [0.1, 0.15) is 0 Å². The highest BCUT2D eigenvalue weighted by molar-refractivity contribution is 9.10. The molecule has 1 aromatic heterocycles. The van der Waals surface area contributed by atoms with Gasteiger partial charge in [0.05, 0.1) is 11.9 Å². The topological polar surface area (TPSA) is 38.9 Å². The van der Waals surface area contributed by atoms with E-state index in [-0.39, 0.29) is 0 Å². The van der Waals surface area contributed by atoms with Crippen molar-refractivity contribution in [3.8, 4) is 0 Å². The molecule has 0 radical (unpaired) electrons. The van der Waals surface area contributed by atoms with Crippen LogP contribution in [0.15, 0.2) is 16.7 Å². The molecule has 0 aromatic carbocycles. The predicted molar refractivity (Wildman–Crippen MR) is 36.3 cm³/mol. The number of nitrogens with zero attached hydrogens (tertiary/aromatic N) is 1. The zero-order valence-corrected chi connectivity index (χ0v) is 6.02. The number of anilines is 1. The van der Waals surface area contributed by atoms with Gasteiger partial charge in [-0.15, -0.1) is 0 Å². The Bertz CT molecular complexity index is 226. The standard InChI is InChI=1S/C5H4BrFN2/c6-3-1-5(7)9-2-4(3)8/h1-2H,8H2. The number of halogens is 2. The zero-order chi connectivity index (χ0) is 6.85. The van der Waals surface area contributed by atoms with Crippen LogP contribution in [0.1, 0.15) is 0 Å². The Kier molecular flexibility index (Phi) is 1.66. The first kappa shape index (κ1) is 6.48. The Balaban J connectivity index is 3.17. The second-order valence-corrected chi connectivity index (χ2v) is 2.38. The molecule has 2 nitrogen and oxygen atoms in total. The SMILES string of the molecule is Nc1cnc(F)cc1Br. The lowest BCUT2D eigenvalue weighted by molar-refractivity contribution is 0.583. The first-order chi connectivity index (χ1) is 4.20. The van der Waals surface area contributed by atoms with Crippen molar-refractivity contribution in [2.75, 3.05) is 5.73 Å². The lowest BCUT2D eigenvalue weighted by Gasteiger charge is -1.93. The molecule has 0 aliphatic rings. The van der Waals surface area contributed by atoms with Crippen LogP contribution in [0.4, 0.5) is 10.1 Å². The Morgan fingerprint density at radius 2 is 2.33 bits per heavy atom. The fraction of sp³-hybridized carbons (Fsp3) is 0. The van der Waals surface area contributed by atoms with Crippen LogP contribution in [-0.4, -0.2) is 4.98 Å². The number of aromatic nitrogens is 1. The molecule has 0 aliphatic heterocycles. The molecule has 4 heteroatoms. The smallest absolute Gasteiger partial charge is 0.214 e. The maximum absolute atomic E-state index is 12.2. The third kappa shape index (κ3) is 1.38. The molecule has 0 bridgehead atoms. The van der Waals surface area contributed by atoms with Crippen molar-refractivity contribution in [1.82, 2.24) is 4.98 Å². The average Bonchev–Trinajstić information content (AvgIpc) is 1.80. The fourth-order valence-corrected chi connectivity index (χ4v) is 0.709. The molecule has 9 heavy (non-hydrogen) atoms. The monoisotopic (exact) mass is 190 g/mol. The van der Waals surface area contributed by atoms with Crippen molar-refractivity contribution in [1.29, 1.82) is 0 Å². The third-order valence-corrected chi connectivity index (χ3v) is 1.54. The summed E-state index contributed by atoms with van der Waals surface area (Å²) in [5, 5.41) is 0. The van der Waals surface area contributed by atoms with Crippen molar-refractivity contribution in [3.05, 3.63) is 22.7 Å². The lowest BCUT2D eigenvalue weighted by Crippen LogP contribution is -1.89. The molecule has 2 N–H and O–H groups in total. The molecule has 0 fully saturated rings. The molecule has 0 saturated carbocycles. The van der Waals surface area contributed by atoms with E-state index in [0.29, 0.717) is 10.2 Å². The van der Waals surface area contributed by atoms with Crippen molar-refractivity contribution in [3.63, 3.8) is 0 Å². The molecule has 0 saturated heterocycles. The highest BCUT2D eigenvalue weighted by Crippen LogP contribution is 2.17. The van der Waals surface area contributed by atoms with E-state index >= 15 is 0 Å². The van der Waals surface area contributed by atoms with Crippen LogP contribution in [0.2, 0.25) is 0 Å². The Labute approximate surface area is 60.0 Å². The Morgan fingerprint density at radius 3 is 2.78 bits per heavy atom. The molecule has 0 atom stereocenters. The van der Waals surface area contributed by atoms with Crippen LogP contribution in [0, 0.1) is 5.95 Å². The molecule has 1 heterocycles. The summed E-state index contributed by atoms with van der Waals surface area (Å²) in [4.78, 5) is 3.32. The van der Waals surface area contributed by atoms with Crippen molar-refractivity contribution in [2.45, 2.75) is 0 Å². The number of hydrogen-bond donors (Lipinski definition) is 1. The van der Waals surface area contributed by atoms with E-state index in [1.807, 2.05) is 0 Å². The van der Waals surface area contributed by atoms with Gasteiger partial charge in [-0.05, 0) is 15.9 Å². The van der Waals surface area contributed by atoms with E-state index in [4.69, 9.17) is 5.73 Å². The number of hydrogen-bond acceptors (Lipinski definition) is 2. The molecule has 0 aliphatic carbocycles. The van der Waals surface area contributed by atoms with Gasteiger partial charge in [-0.25, -0.2) is 4.98 Å². The highest BCUT2D eigenvalue weighted by atomic mass is 79.9. The zero-order valence-electron chi connectivity index (χ0n) is 4.44. The lowest BCUT2D eigenvalue weighted by atomic mass is 10.4. The van der Waals surface area contributed by atoms with E-state index in [1.54, 1.807) is 0 Å². The summed E-state index contributed by atoms with van der Waals surface area (Å²) >= 11 is 3.04. The van der Waals surface area contributed by atoms with Gasteiger partial charge in [-0.2, -0.15) is 4.39 Å². The van der Waals surface area contributed by atoms with E-state index in [0.717, 1.165) is 0 Å². The van der Waals surface area contributed by atoms with Gasteiger partial charge in [0.15, 0.2) is 0 Å². The third-order valence-electron chi connectivity index (χ3n) is 0.849. The second-order valence-electron chi connectivity index (χ2n) is 1.53. The number of pyridine rings is 1. The molecular formula is C5H4BrFN2. The molecule has 0 unspecified atom stereocenters. The Hall–Kier alpha value is -0.640. The Morgan fingerprint density at radius 1 is 1.67 bits per heavy atom. The fourth-order valence-electron chi connectivity index (χ4n) is 0.418. The average molecular weight is 191 g/mol. The first-order valence-electron chi connectivity index (χ1n) is 2.26.